The first-order chi connectivity index (χ1) is 7.60. The number of piperidine rings is 1. The van der Waals surface area contributed by atoms with Crippen LogP contribution in [-0.2, 0) is 14.8 Å². The summed E-state index contributed by atoms with van der Waals surface area (Å²) in [5, 5.41) is 3.14. The number of nitrogens with zero attached hydrogens (tertiary/aromatic N) is 1. The zero-order valence-electron chi connectivity index (χ0n) is 10.1. The van der Waals surface area contributed by atoms with Crippen molar-refractivity contribution in [1.82, 2.24) is 9.62 Å². The molecule has 1 heterocycles. The Morgan fingerprint density at radius 1 is 1.50 bits per heavy atom. The van der Waals surface area contributed by atoms with Crippen molar-refractivity contribution in [1.29, 1.82) is 0 Å². The van der Waals surface area contributed by atoms with Crippen molar-refractivity contribution in [3.05, 3.63) is 0 Å². The molecule has 1 unspecified atom stereocenters. The average molecular weight is 250 g/mol. The molecule has 0 amide bonds. The Bertz CT molecular complexity index is 292. The number of hydrogen-bond donors (Lipinski definition) is 1. The molecule has 0 radical (unpaired) electrons. The van der Waals surface area contributed by atoms with E-state index in [2.05, 4.69) is 5.32 Å². The van der Waals surface area contributed by atoms with Gasteiger partial charge in [0.15, 0.2) is 0 Å². The lowest BCUT2D eigenvalue weighted by Crippen LogP contribution is -2.47. The summed E-state index contributed by atoms with van der Waals surface area (Å²) in [6, 6.07) is 0.288. The molecule has 1 saturated heterocycles. The standard InChI is InChI=1S/C10H22N2O3S/c1-3-15-7-8-16(13,14)12-6-4-5-10(9-12)11-2/h10-11H,3-9H2,1-2H3. The number of rotatable bonds is 6. The smallest absolute Gasteiger partial charge is 0.216 e. The third-order valence-corrected chi connectivity index (χ3v) is 4.68. The summed E-state index contributed by atoms with van der Waals surface area (Å²) >= 11 is 0. The molecule has 1 rings (SSSR count). The number of hydrogen-bond acceptors (Lipinski definition) is 4. The molecular formula is C10H22N2O3S. The quantitative estimate of drug-likeness (QED) is 0.676. The van der Waals surface area contributed by atoms with Crippen LogP contribution in [0.3, 0.4) is 0 Å². The maximum atomic E-state index is 11.9. The van der Waals surface area contributed by atoms with Gasteiger partial charge in [0.25, 0.3) is 0 Å². The summed E-state index contributed by atoms with van der Waals surface area (Å²) in [6.45, 7) is 3.95. The first-order valence-electron chi connectivity index (χ1n) is 5.83. The van der Waals surface area contributed by atoms with E-state index in [1.54, 1.807) is 4.31 Å². The van der Waals surface area contributed by atoms with Crippen LogP contribution in [0.1, 0.15) is 19.8 Å². The molecule has 0 aromatic heterocycles. The molecule has 0 aliphatic carbocycles. The summed E-state index contributed by atoms with van der Waals surface area (Å²) in [6.07, 6.45) is 1.98. The third kappa shape index (κ3) is 4.01. The molecule has 0 aromatic carbocycles. The zero-order valence-corrected chi connectivity index (χ0v) is 10.9. The van der Waals surface area contributed by atoms with Gasteiger partial charge in [-0.1, -0.05) is 0 Å². The molecule has 6 heteroatoms. The molecule has 0 bridgehead atoms. The molecule has 96 valence electrons. The molecule has 16 heavy (non-hydrogen) atoms. The SMILES string of the molecule is CCOCCS(=O)(=O)N1CCCC(NC)C1. The highest BCUT2D eigenvalue weighted by molar-refractivity contribution is 7.89. The summed E-state index contributed by atoms with van der Waals surface area (Å²) in [4.78, 5) is 0. The van der Waals surface area contributed by atoms with E-state index in [1.165, 1.54) is 0 Å². The van der Waals surface area contributed by atoms with Crippen LogP contribution in [0.25, 0.3) is 0 Å². The van der Waals surface area contributed by atoms with Crippen LogP contribution in [0.4, 0.5) is 0 Å². The summed E-state index contributed by atoms with van der Waals surface area (Å²) < 4.78 is 30.6. The second-order valence-corrected chi connectivity index (χ2v) is 6.09. The molecule has 1 fully saturated rings. The van der Waals surface area contributed by atoms with E-state index in [0.29, 0.717) is 26.3 Å². The predicted molar refractivity (Wildman–Crippen MR) is 63.9 cm³/mol. The monoisotopic (exact) mass is 250 g/mol. The van der Waals surface area contributed by atoms with Crippen molar-refractivity contribution in [2.45, 2.75) is 25.8 Å². The van der Waals surface area contributed by atoms with Crippen LogP contribution < -0.4 is 5.32 Å². The molecule has 5 nitrogen and oxygen atoms in total. The van der Waals surface area contributed by atoms with Gasteiger partial charge >= 0.3 is 0 Å². The van der Waals surface area contributed by atoms with Crippen LogP contribution in [0.15, 0.2) is 0 Å². The van der Waals surface area contributed by atoms with E-state index >= 15 is 0 Å². The summed E-state index contributed by atoms with van der Waals surface area (Å²) in [5.41, 5.74) is 0. The van der Waals surface area contributed by atoms with E-state index < -0.39 is 10.0 Å². The van der Waals surface area contributed by atoms with Gasteiger partial charge in [-0.2, -0.15) is 0 Å². The second-order valence-electron chi connectivity index (χ2n) is 4.00. The van der Waals surface area contributed by atoms with Gasteiger partial charge in [0.05, 0.1) is 12.4 Å². The Morgan fingerprint density at radius 2 is 2.25 bits per heavy atom. The van der Waals surface area contributed by atoms with Crippen LogP contribution in [0.2, 0.25) is 0 Å². The van der Waals surface area contributed by atoms with Gasteiger partial charge in [-0.25, -0.2) is 12.7 Å². The molecule has 0 saturated carbocycles. The number of sulfonamides is 1. The molecule has 1 N–H and O–H groups in total. The fourth-order valence-electron chi connectivity index (χ4n) is 1.87. The largest absolute Gasteiger partial charge is 0.381 e. The molecule has 1 aliphatic rings. The van der Waals surface area contributed by atoms with E-state index in [0.717, 1.165) is 12.8 Å². The highest BCUT2D eigenvalue weighted by Gasteiger charge is 2.27. The van der Waals surface area contributed by atoms with Crippen molar-refractivity contribution in [2.75, 3.05) is 39.1 Å². The van der Waals surface area contributed by atoms with Gasteiger partial charge in [-0.15, -0.1) is 0 Å². The van der Waals surface area contributed by atoms with Crippen molar-refractivity contribution in [2.24, 2.45) is 0 Å². The fraction of sp³-hybridized carbons (Fsp3) is 1.00. The Balaban J connectivity index is 2.47. The fourth-order valence-corrected chi connectivity index (χ4v) is 3.27. The van der Waals surface area contributed by atoms with E-state index in [4.69, 9.17) is 4.74 Å². The van der Waals surface area contributed by atoms with Gasteiger partial charge in [-0.3, -0.25) is 0 Å². The maximum Gasteiger partial charge on any atom is 0.216 e. The molecule has 0 spiro atoms. The normalized spacial score (nSPS) is 23.5. The lowest BCUT2D eigenvalue weighted by atomic mass is 10.1. The Labute approximate surface area is 98.2 Å². The Hall–Kier alpha value is -0.170. The zero-order chi connectivity index (χ0) is 12.0. The minimum absolute atomic E-state index is 0.0945. The number of nitrogens with one attached hydrogen (secondary N) is 1. The third-order valence-electron chi connectivity index (χ3n) is 2.88. The number of likely N-dealkylation sites (N-methyl/N-ethyl adjacent to an activating group) is 1. The predicted octanol–water partition coefficient (Wildman–Crippen LogP) is 0.0365. The minimum atomic E-state index is -3.13. The van der Waals surface area contributed by atoms with E-state index in [1.807, 2.05) is 14.0 Å². The van der Waals surface area contributed by atoms with Crippen molar-refractivity contribution in [3.8, 4) is 0 Å². The van der Waals surface area contributed by atoms with E-state index in [-0.39, 0.29) is 11.8 Å². The van der Waals surface area contributed by atoms with Crippen LogP contribution in [0.5, 0.6) is 0 Å². The van der Waals surface area contributed by atoms with Gasteiger partial charge in [0.2, 0.25) is 10.0 Å². The minimum Gasteiger partial charge on any atom is -0.381 e. The van der Waals surface area contributed by atoms with Crippen molar-refractivity contribution in [3.63, 3.8) is 0 Å². The second kappa shape index (κ2) is 6.54. The lowest BCUT2D eigenvalue weighted by molar-refractivity contribution is 0.162. The highest BCUT2D eigenvalue weighted by Crippen LogP contribution is 2.14. The molecule has 1 atom stereocenters. The Kier molecular flexibility index (Phi) is 5.68. The van der Waals surface area contributed by atoms with Gasteiger partial charge in [-0.05, 0) is 26.8 Å². The molecule has 0 aromatic rings. The Morgan fingerprint density at radius 3 is 2.88 bits per heavy atom. The van der Waals surface area contributed by atoms with Crippen LogP contribution in [-0.4, -0.2) is 57.9 Å². The first kappa shape index (κ1) is 13.9. The van der Waals surface area contributed by atoms with Crippen molar-refractivity contribution >= 4 is 10.0 Å². The van der Waals surface area contributed by atoms with Crippen LogP contribution in [0, 0.1) is 0 Å². The maximum absolute atomic E-state index is 11.9. The topological polar surface area (TPSA) is 58.6 Å². The van der Waals surface area contributed by atoms with Gasteiger partial charge in [0.1, 0.15) is 0 Å². The summed E-state index contributed by atoms with van der Waals surface area (Å²) in [5.74, 6) is 0.0945. The van der Waals surface area contributed by atoms with Crippen LogP contribution >= 0.6 is 0 Å². The molecular weight excluding hydrogens is 228 g/mol. The lowest BCUT2D eigenvalue weighted by Gasteiger charge is -2.31. The van der Waals surface area contributed by atoms with E-state index in [9.17, 15) is 8.42 Å². The van der Waals surface area contributed by atoms with Gasteiger partial charge < -0.3 is 10.1 Å². The molecule has 1 aliphatic heterocycles. The van der Waals surface area contributed by atoms with Crippen molar-refractivity contribution < 1.29 is 13.2 Å². The van der Waals surface area contributed by atoms with Gasteiger partial charge in [0, 0.05) is 25.7 Å². The number of ether oxygens (including phenoxy) is 1. The average Bonchev–Trinajstić information content (AvgIpc) is 2.29. The first-order valence-corrected chi connectivity index (χ1v) is 7.44. The summed E-state index contributed by atoms with van der Waals surface area (Å²) in [7, 11) is -1.25. The highest BCUT2D eigenvalue weighted by atomic mass is 32.2.